The first kappa shape index (κ1) is 13.5. The lowest BCUT2D eigenvalue weighted by Crippen LogP contribution is -2.36. The van der Waals surface area contributed by atoms with Crippen molar-refractivity contribution in [2.24, 2.45) is 0 Å². The summed E-state index contributed by atoms with van der Waals surface area (Å²) in [6.07, 6.45) is 0.401. The van der Waals surface area contributed by atoms with Crippen LogP contribution in [0, 0.1) is 0 Å². The molecule has 1 heterocycles. The molecule has 0 saturated heterocycles. The smallest absolute Gasteiger partial charge is 0.231 e. The van der Waals surface area contributed by atoms with Gasteiger partial charge in [-0.05, 0) is 47.5 Å². The molecule has 0 aromatic heterocycles. The van der Waals surface area contributed by atoms with Gasteiger partial charge in [0.25, 0.3) is 0 Å². The first-order valence-corrected chi connectivity index (χ1v) is 6.81. The number of carbonyl (C=O) groups is 1. The average Bonchev–Trinajstić information content (AvgIpc) is 2.53. The SMILES string of the molecule is COc1ccc(N2Cc3ccc(OC)cc3CC2=O)cc1. The number of carbonyl (C=O) groups excluding carboxylic acids is 1. The van der Waals surface area contributed by atoms with Gasteiger partial charge in [0.2, 0.25) is 5.91 Å². The lowest BCUT2D eigenvalue weighted by Gasteiger charge is -2.29. The molecule has 1 aliphatic heterocycles. The Morgan fingerprint density at radius 2 is 1.57 bits per heavy atom. The molecule has 2 aromatic rings. The fourth-order valence-corrected chi connectivity index (χ4v) is 2.56. The van der Waals surface area contributed by atoms with E-state index in [1.807, 2.05) is 42.5 Å². The normalized spacial score (nSPS) is 13.8. The number of fused-ring (bicyclic) bond motifs is 1. The third kappa shape index (κ3) is 2.57. The third-order valence-corrected chi connectivity index (χ3v) is 3.77. The number of anilines is 1. The highest BCUT2D eigenvalue weighted by atomic mass is 16.5. The molecule has 0 bridgehead atoms. The Morgan fingerprint density at radius 3 is 2.24 bits per heavy atom. The second-order valence-corrected chi connectivity index (χ2v) is 4.99. The summed E-state index contributed by atoms with van der Waals surface area (Å²) in [6, 6.07) is 13.4. The van der Waals surface area contributed by atoms with Gasteiger partial charge in [-0.2, -0.15) is 0 Å². The maximum atomic E-state index is 12.4. The zero-order chi connectivity index (χ0) is 14.8. The standard InChI is InChI=1S/C17H17NO3/c1-20-15-7-4-14(5-8-15)18-11-12-3-6-16(21-2)9-13(12)10-17(18)19/h3-9H,10-11H2,1-2H3. The largest absolute Gasteiger partial charge is 0.497 e. The van der Waals surface area contributed by atoms with Crippen molar-refractivity contribution in [2.45, 2.75) is 13.0 Å². The van der Waals surface area contributed by atoms with Gasteiger partial charge in [-0.25, -0.2) is 0 Å². The molecule has 1 amide bonds. The Bertz CT molecular complexity index is 664. The van der Waals surface area contributed by atoms with Gasteiger partial charge >= 0.3 is 0 Å². The topological polar surface area (TPSA) is 38.8 Å². The van der Waals surface area contributed by atoms with E-state index in [9.17, 15) is 4.79 Å². The number of rotatable bonds is 3. The number of methoxy groups -OCH3 is 2. The van der Waals surface area contributed by atoms with E-state index in [2.05, 4.69) is 0 Å². The second-order valence-electron chi connectivity index (χ2n) is 4.99. The van der Waals surface area contributed by atoms with Gasteiger partial charge < -0.3 is 14.4 Å². The second kappa shape index (κ2) is 5.48. The van der Waals surface area contributed by atoms with E-state index in [0.29, 0.717) is 13.0 Å². The van der Waals surface area contributed by atoms with Gasteiger partial charge in [0.15, 0.2) is 0 Å². The molecular formula is C17H17NO3. The monoisotopic (exact) mass is 283 g/mol. The molecule has 1 aliphatic rings. The predicted molar refractivity (Wildman–Crippen MR) is 80.9 cm³/mol. The Balaban J connectivity index is 1.89. The molecule has 4 heteroatoms. The summed E-state index contributed by atoms with van der Waals surface area (Å²) < 4.78 is 10.4. The molecule has 0 unspecified atom stereocenters. The molecule has 0 aliphatic carbocycles. The van der Waals surface area contributed by atoms with E-state index >= 15 is 0 Å². The predicted octanol–water partition coefficient (Wildman–Crippen LogP) is 2.79. The van der Waals surface area contributed by atoms with Crippen molar-refractivity contribution < 1.29 is 14.3 Å². The quantitative estimate of drug-likeness (QED) is 0.869. The number of amides is 1. The van der Waals surface area contributed by atoms with Crippen LogP contribution < -0.4 is 14.4 Å². The van der Waals surface area contributed by atoms with Crippen molar-refractivity contribution in [3.05, 3.63) is 53.6 Å². The van der Waals surface area contributed by atoms with Crippen LogP contribution in [0.15, 0.2) is 42.5 Å². The minimum atomic E-state index is 0.0981. The van der Waals surface area contributed by atoms with Crippen molar-refractivity contribution >= 4 is 11.6 Å². The zero-order valence-corrected chi connectivity index (χ0v) is 12.1. The van der Waals surface area contributed by atoms with Crippen LogP contribution >= 0.6 is 0 Å². The number of nitrogens with zero attached hydrogens (tertiary/aromatic N) is 1. The van der Waals surface area contributed by atoms with Crippen LogP contribution in [0.1, 0.15) is 11.1 Å². The molecule has 21 heavy (non-hydrogen) atoms. The van der Waals surface area contributed by atoms with E-state index in [-0.39, 0.29) is 5.91 Å². The number of ether oxygens (including phenoxy) is 2. The molecule has 0 radical (unpaired) electrons. The fourth-order valence-electron chi connectivity index (χ4n) is 2.56. The summed E-state index contributed by atoms with van der Waals surface area (Å²) in [5.41, 5.74) is 3.09. The molecule has 0 fully saturated rings. The summed E-state index contributed by atoms with van der Waals surface area (Å²) in [4.78, 5) is 14.2. The maximum Gasteiger partial charge on any atom is 0.231 e. The van der Waals surface area contributed by atoms with Gasteiger partial charge in [0.1, 0.15) is 11.5 Å². The summed E-state index contributed by atoms with van der Waals surface area (Å²) in [5.74, 6) is 1.67. The maximum absolute atomic E-state index is 12.4. The summed E-state index contributed by atoms with van der Waals surface area (Å²) in [7, 11) is 3.26. The van der Waals surface area contributed by atoms with E-state index in [1.54, 1.807) is 19.1 Å². The lowest BCUT2D eigenvalue weighted by atomic mass is 9.98. The molecule has 4 nitrogen and oxygen atoms in total. The molecule has 3 rings (SSSR count). The Kier molecular flexibility index (Phi) is 3.52. The Hall–Kier alpha value is -2.49. The summed E-state index contributed by atoms with van der Waals surface area (Å²) in [5, 5.41) is 0. The first-order valence-electron chi connectivity index (χ1n) is 6.81. The molecule has 0 saturated carbocycles. The van der Waals surface area contributed by atoms with E-state index in [0.717, 1.165) is 28.3 Å². The fraction of sp³-hybridized carbons (Fsp3) is 0.235. The average molecular weight is 283 g/mol. The van der Waals surface area contributed by atoms with Gasteiger partial charge in [0.05, 0.1) is 27.2 Å². The highest BCUT2D eigenvalue weighted by Gasteiger charge is 2.24. The number of hydrogen-bond acceptors (Lipinski definition) is 3. The molecule has 0 atom stereocenters. The van der Waals surface area contributed by atoms with Crippen LogP contribution in [0.3, 0.4) is 0 Å². The molecule has 0 N–H and O–H groups in total. The minimum absolute atomic E-state index is 0.0981. The van der Waals surface area contributed by atoms with Crippen LogP contribution in [0.4, 0.5) is 5.69 Å². The first-order chi connectivity index (χ1) is 10.2. The summed E-state index contributed by atoms with van der Waals surface area (Å²) >= 11 is 0. The van der Waals surface area contributed by atoms with Crippen LogP contribution in [-0.2, 0) is 17.8 Å². The number of hydrogen-bond donors (Lipinski definition) is 0. The highest BCUT2D eigenvalue weighted by molar-refractivity contribution is 5.96. The van der Waals surface area contributed by atoms with E-state index < -0.39 is 0 Å². The van der Waals surface area contributed by atoms with Crippen LogP contribution in [-0.4, -0.2) is 20.1 Å². The summed E-state index contributed by atoms with van der Waals surface area (Å²) in [6.45, 7) is 0.588. The molecule has 108 valence electrons. The number of benzene rings is 2. The van der Waals surface area contributed by atoms with E-state index in [1.165, 1.54) is 0 Å². The van der Waals surface area contributed by atoms with Crippen LogP contribution in [0.2, 0.25) is 0 Å². The third-order valence-electron chi connectivity index (χ3n) is 3.77. The van der Waals surface area contributed by atoms with Gasteiger partial charge in [0, 0.05) is 5.69 Å². The molecular weight excluding hydrogens is 266 g/mol. The van der Waals surface area contributed by atoms with Gasteiger partial charge in [-0.3, -0.25) is 4.79 Å². The Labute approximate surface area is 123 Å². The Morgan fingerprint density at radius 1 is 0.905 bits per heavy atom. The molecule has 2 aromatic carbocycles. The molecule has 0 spiro atoms. The van der Waals surface area contributed by atoms with Crippen molar-refractivity contribution in [3.63, 3.8) is 0 Å². The lowest BCUT2D eigenvalue weighted by molar-refractivity contribution is -0.118. The van der Waals surface area contributed by atoms with Crippen LogP contribution in [0.25, 0.3) is 0 Å². The zero-order valence-electron chi connectivity index (χ0n) is 12.1. The van der Waals surface area contributed by atoms with E-state index in [4.69, 9.17) is 9.47 Å². The minimum Gasteiger partial charge on any atom is -0.497 e. The van der Waals surface area contributed by atoms with Crippen molar-refractivity contribution in [1.29, 1.82) is 0 Å². The van der Waals surface area contributed by atoms with Gasteiger partial charge in [-0.1, -0.05) is 6.07 Å². The highest BCUT2D eigenvalue weighted by Crippen LogP contribution is 2.28. The van der Waals surface area contributed by atoms with Crippen molar-refractivity contribution in [2.75, 3.05) is 19.1 Å². The van der Waals surface area contributed by atoms with Gasteiger partial charge in [-0.15, -0.1) is 0 Å². The van der Waals surface area contributed by atoms with Crippen molar-refractivity contribution in [1.82, 2.24) is 0 Å². The van der Waals surface area contributed by atoms with Crippen LogP contribution in [0.5, 0.6) is 11.5 Å². The van der Waals surface area contributed by atoms with Crippen molar-refractivity contribution in [3.8, 4) is 11.5 Å².